The third kappa shape index (κ3) is 12.5. The summed E-state index contributed by atoms with van der Waals surface area (Å²) >= 11 is 0. The SMILES string of the molecule is CCCCCCCCCCCCCCC/C(O)=C(\O)C(=O)O. The number of hydrogen-bond acceptors (Lipinski definition) is 3. The van der Waals surface area contributed by atoms with E-state index in [1.807, 2.05) is 0 Å². The monoisotopic (exact) mass is 314 g/mol. The van der Waals surface area contributed by atoms with Gasteiger partial charge < -0.3 is 15.3 Å². The number of aliphatic hydroxyl groups is 2. The van der Waals surface area contributed by atoms with Crippen LogP contribution in [-0.2, 0) is 4.79 Å². The molecule has 0 aromatic rings. The Morgan fingerprint density at radius 1 is 0.636 bits per heavy atom. The molecule has 0 spiro atoms. The summed E-state index contributed by atoms with van der Waals surface area (Å²) in [6.45, 7) is 2.24. The molecule has 3 N–H and O–H groups in total. The average Bonchev–Trinajstić information content (AvgIpc) is 2.50. The van der Waals surface area contributed by atoms with Crippen LogP contribution in [-0.4, -0.2) is 21.3 Å². The topological polar surface area (TPSA) is 77.8 Å². The van der Waals surface area contributed by atoms with E-state index >= 15 is 0 Å². The molecule has 0 bridgehead atoms. The van der Waals surface area contributed by atoms with Crippen molar-refractivity contribution in [2.24, 2.45) is 0 Å². The summed E-state index contributed by atoms with van der Waals surface area (Å²) in [6, 6.07) is 0. The lowest BCUT2D eigenvalue weighted by Gasteiger charge is -2.03. The maximum atomic E-state index is 10.4. The van der Waals surface area contributed by atoms with Gasteiger partial charge in [0.15, 0.2) is 0 Å². The Morgan fingerprint density at radius 3 is 1.36 bits per heavy atom. The number of carbonyl (C=O) groups is 1. The van der Waals surface area contributed by atoms with Gasteiger partial charge in [-0.05, 0) is 6.42 Å². The molecule has 0 atom stereocenters. The Balaban J connectivity index is 3.27. The minimum atomic E-state index is -1.47. The Labute approximate surface area is 135 Å². The maximum absolute atomic E-state index is 10.4. The van der Waals surface area contributed by atoms with E-state index in [0.29, 0.717) is 0 Å². The molecule has 0 saturated carbocycles. The van der Waals surface area contributed by atoms with Gasteiger partial charge in [0.2, 0.25) is 5.76 Å². The zero-order chi connectivity index (χ0) is 16.6. The zero-order valence-electron chi connectivity index (χ0n) is 14.1. The van der Waals surface area contributed by atoms with E-state index < -0.39 is 17.5 Å². The fourth-order valence-corrected chi connectivity index (χ4v) is 2.55. The molecule has 0 aromatic carbocycles. The summed E-state index contributed by atoms with van der Waals surface area (Å²) in [6.07, 6.45) is 16.3. The lowest BCUT2D eigenvalue weighted by atomic mass is 10.0. The van der Waals surface area contributed by atoms with Gasteiger partial charge in [0.25, 0.3) is 0 Å². The van der Waals surface area contributed by atoms with E-state index in [2.05, 4.69) is 6.92 Å². The van der Waals surface area contributed by atoms with Gasteiger partial charge in [0.1, 0.15) is 5.76 Å². The minimum absolute atomic E-state index is 0.246. The number of unbranched alkanes of at least 4 members (excludes halogenated alkanes) is 12. The highest BCUT2D eigenvalue weighted by molar-refractivity contribution is 5.84. The molecule has 0 aliphatic rings. The fraction of sp³-hybridized carbons (Fsp3) is 0.833. The van der Waals surface area contributed by atoms with Gasteiger partial charge in [0, 0.05) is 6.42 Å². The second kappa shape index (κ2) is 14.7. The zero-order valence-corrected chi connectivity index (χ0v) is 14.1. The van der Waals surface area contributed by atoms with Gasteiger partial charge in [0.05, 0.1) is 0 Å². The van der Waals surface area contributed by atoms with E-state index in [1.165, 1.54) is 64.2 Å². The van der Waals surface area contributed by atoms with Crippen LogP contribution in [0.15, 0.2) is 11.5 Å². The van der Waals surface area contributed by atoms with Gasteiger partial charge in [-0.2, -0.15) is 0 Å². The van der Waals surface area contributed by atoms with Crippen molar-refractivity contribution in [1.29, 1.82) is 0 Å². The van der Waals surface area contributed by atoms with Crippen LogP contribution in [0.5, 0.6) is 0 Å². The second-order valence-electron chi connectivity index (χ2n) is 6.09. The molecular weight excluding hydrogens is 280 g/mol. The molecule has 0 saturated heterocycles. The van der Waals surface area contributed by atoms with E-state index in [-0.39, 0.29) is 6.42 Å². The fourth-order valence-electron chi connectivity index (χ4n) is 2.55. The van der Waals surface area contributed by atoms with Gasteiger partial charge in [-0.25, -0.2) is 4.79 Å². The predicted octanol–water partition coefficient (Wildman–Crippen LogP) is 5.88. The highest BCUT2D eigenvalue weighted by Crippen LogP contribution is 2.14. The molecule has 0 aliphatic heterocycles. The molecule has 130 valence electrons. The van der Waals surface area contributed by atoms with Crippen molar-refractivity contribution >= 4 is 5.97 Å². The molecule has 4 heteroatoms. The third-order valence-electron chi connectivity index (χ3n) is 3.99. The number of carboxylic acid groups (broad SMARTS) is 1. The molecule has 0 radical (unpaired) electrons. The average molecular weight is 314 g/mol. The highest BCUT2D eigenvalue weighted by atomic mass is 16.4. The Morgan fingerprint density at radius 2 is 1.00 bits per heavy atom. The number of hydrogen-bond donors (Lipinski definition) is 3. The van der Waals surface area contributed by atoms with Crippen molar-refractivity contribution < 1.29 is 20.1 Å². The molecule has 0 fully saturated rings. The number of rotatable bonds is 15. The van der Waals surface area contributed by atoms with Crippen LogP contribution in [0, 0.1) is 0 Å². The van der Waals surface area contributed by atoms with Crippen molar-refractivity contribution in [2.45, 2.75) is 96.8 Å². The standard InChI is InChI=1S/C18H34O4/c1-2-3-4-5-6-7-8-9-10-11-12-13-14-15-16(19)17(20)18(21)22/h19-20H,2-15H2,1H3,(H,21,22)/b17-16+. The molecule has 0 aliphatic carbocycles. The van der Waals surface area contributed by atoms with Gasteiger partial charge >= 0.3 is 5.97 Å². The van der Waals surface area contributed by atoms with Crippen molar-refractivity contribution in [3.8, 4) is 0 Å². The third-order valence-corrected chi connectivity index (χ3v) is 3.99. The molecule has 0 heterocycles. The summed E-state index contributed by atoms with van der Waals surface area (Å²) in [5.41, 5.74) is 0. The van der Waals surface area contributed by atoms with Crippen LogP contribution >= 0.6 is 0 Å². The number of aliphatic carboxylic acids is 1. The normalized spacial score (nSPS) is 12.2. The lowest BCUT2D eigenvalue weighted by molar-refractivity contribution is -0.135. The van der Waals surface area contributed by atoms with Crippen molar-refractivity contribution in [1.82, 2.24) is 0 Å². The Kier molecular flexibility index (Phi) is 13.9. The molecule has 0 amide bonds. The van der Waals surface area contributed by atoms with Crippen LogP contribution < -0.4 is 0 Å². The summed E-state index contributed by atoms with van der Waals surface area (Å²) in [5.74, 6) is -2.79. The van der Waals surface area contributed by atoms with Gasteiger partial charge in [-0.15, -0.1) is 0 Å². The lowest BCUT2D eigenvalue weighted by Crippen LogP contribution is -2.03. The Hall–Kier alpha value is -1.19. The quantitative estimate of drug-likeness (QED) is 0.200. The van der Waals surface area contributed by atoms with E-state index in [4.69, 9.17) is 10.2 Å². The van der Waals surface area contributed by atoms with Crippen LogP contribution in [0.1, 0.15) is 96.8 Å². The number of allylic oxidation sites excluding steroid dienone is 1. The highest BCUT2D eigenvalue weighted by Gasteiger charge is 2.10. The summed E-state index contributed by atoms with van der Waals surface area (Å²) in [5, 5.41) is 26.8. The molecule has 0 rings (SSSR count). The largest absolute Gasteiger partial charge is 0.508 e. The first kappa shape index (κ1) is 20.8. The smallest absolute Gasteiger partial charge is 0.374 e. The van der Waals surface area contributed by atoms with Crippen molar-refractivity contribution in [3.63, 3.8) is 0 Å². The maximum Gasteiger partial charge on any atom is 0.374 e. The summed E-state index contributed by atoms with van der Waals surface area (Å²) in [4.78, 5) is 10.4. The first-order chi connectivity index (χ1) is 10.6. The van der Waals surface area contributed by atoms with E-state index in [0.717, 1.165) is 19.3 Å². The number of aliphatic hydroxyl groups excluding tert-OH is 2. The second-order valence-corrected chi connectivity index (χ2v) is 6.09. The van der Waals surface area contributed by atoms with Crippen molar-refractivity contribution in [3.05, 3.63) is 11.5 Å². The van der Waals surface area contributed by atoms with E-state index in [1.54, 1.807) is 0 Å². The molecular formula is C18H34O4. The summed E-state index contributed by atoms with van der Waals surface area (Å²) in [7, 11) is 0. The Bertz CT molecular complexity index is 310. The first-order valence-electron chi connectivity index (χ1n) is 8.94. The summed E-state index contributed by atoms with van der Waals surface area (Å²) < 4.78 is 0. The number of carboxylic acids is 1. The predicted molar refractivity (Wildman–Crippen MR) is 90.2 cm³/mol. The van der Waals surface area contributed by atoms with Crippen molar-refractivity contribution in [2.75, 3.05) is 0 Å². The van der Waals surface area contributed by atoms with Crippen LogP contribution in [0.4, 0.5) is 0 Å². The van der Waals surface area contributed by atoms with Crippen LogP contribution in [0.25, 0.3) is 0 Å². The van der Waals surface area contributed by atoms with Gasteiger partial charge in [-0.1, -0.05) is 84.0 Å². The van der Waals surface area contributed by atoms with Crippen LogP contribution in [0.2, 0.25) is 0 Å². The van der Waals surface area contributed by atoms with E-state index in [9.17, 15) is 9.90 Å². The van der Waals surface area contributed by atoms with Gasteiger partial charge in [-0.3, -0.25) is 0 Å². The minimum Gasteiger partial charge on any atom is -0.508 e. The van der Waals surface area contributed by atoms with Crippen LogP contribution in [0.3, 0.4) is 0 Å². The molecule has 0 aromatic heterocycles. The molecule has 0 unspecified atom stereocenters. The molecule has 4 nitrogen and oxygen atoms in total. The molecule has 22 heavy (non-hydrogen) atoms. The first-order valence-corrected chi connectivity index (χ1v) is 8.94.